The minimum Gasteiger partial charge on any atom is -0.249 e. The second kappa shape index (κ2) is 7.14. The van der Waals surface area contributed by atoms with Crippen LogP contribution in [-0.4, -0.2) is 9.97 Å². The maximum Gasteiger partial charge on any atom is 0.0934 e. The fraction of sp³-hybridized carbons (Fsp3) is 0.111. The van der Waals surface area contributed by atoms with Crippen molar-refractivity contribution in [2.75, 3.05) is 0 Å². The molecule has 5 rings (SSSR count). The first-order chi connectivity index (χ1) is 14.2. The van der Waals surface area contributed by atoms with Crippen LogP contribution in [0, 0.1) is 0 Å². The van der Waals surface area contributed by atoms with E-state index < -0.39 is 0 Å². The Morgan fingerprint density at radius 2 is 1.14 bits per heavy atom. The lowest BCUT2D eigenvalue weighted by molar-refractivity contribution is 0.826. The van der Waals surface area contributed by atoms with Crippen molar-refractivity contribution in [1.29, 1.82) is 0 Å². The molecule has 29 heavy (non-hydrogen) atoms. The maximum absolute atomic E-state index is 5.14. The van der Waals surface area contributed by atoms with Gasteiger partial charge in [-0.25, -0.2) is 9.97 Å². The van der Waals surface area contributed by atoms with Gasteiger partial charge in [-0.05, 0) is 39.9 Å². The van der Waals surface area contributed by atoms with E-state index in [4.69, 9.17) is 9.97 Å². The summed E-state index contributed by atoms with van der Waals surface area (Å²) in [6.07, 6.45) is 0. The number of nitrogens with zero attached hydrogens (tertiary/aromatic N) is 2. The van der Waals surface area contributed by atoms with Gasteiger partial charge in [0.15, 0.2) is 0 Å². The highest BCUT2D eigenvalue weighted by Crippen LogP contribution is 2.36. The largest absolute Gasteiger partial charge is 0.249 e. The molecule has 0 atom stereocenters. The summed E-state index contributed by atoms with van der Waals surface area (Å²) in [7, 11) is 0. The Morgan fingerprint density at radius 3 is 1.79 bits per heavy atom. The van der Waals surface area contributed by atoms with Crippen LogP contribution < -0.4 is 0 Å². The van der Waals surface area contributed by atoms with Gasteiger partial charge in [-0.2, -0.15) is 0 Å². The summed E-state index contributed by atoms with van der Waals surface area (Å²) in [5, 5.41) is 2.38. The van der Waals surface area contributed by atoms with Crippen molar-refractivity contribution in [2.45, 2.75) is 19.8 Å². The third-order valence-corrected chi connectivity index (χ3v) is 5.37. The van der Waals surface area contributed by atoms with E-state index in [1.165, 1.54) is 21.9 Å². The average Bonchev–Trinajstić information content (AvgIpc) is 2.77. The second-order valence-electron chi connectivity index (χ2n) is 7.71. The Bertz CT molecular complexity index is 1320. The molecule has 0 amide bonds. The highest BCUT2D eigenvalue weighted by atomic mass is 14.8. The van der Waals surface area contributed by atoms with E-state index in [-0.39, 0.29) is 5.92 Å². The van der Waals surface area contributed by atoms with Crippen molar-refractivity contribution < 1.29 is 0 Å². The van der Waals surface area contributed by atoms with Crippen LogP contribution in [0.4, 0.5) is 0 Å². The minimum absolute atomic E-state index is 0.275. The van der Waals surface area contributed by atoms with Crippen LogP contribution in [0.2, 0.25) is 0 Å². The van der Waals surface area contributed by atoms with Gasteiger partial charge in [-0.1, -0.05) is 92.7 Å². The smallest absolute Gasteiger partial charge is 0.0934 e. The third kappa shape index (κ3) is 3.17. The van der Waals surface area contributed by atoms with Crippen LogP contribution in [-0.2, 0) is 0 Å². The second-order valence-corrected chi connectivity index (χ2v) is 7.71. The van der Waals surface area contributed by atoms with Gasteiger partial charge in [0.25, 0.3) is 0 Å². The SMILES string of the molecule is CC(C)c1nc2cc3ccccc3cc2nc1-c1ccccc1-c1ccccc1. The lowest BCUT2D eigenvalue weighted by Gasteiger charge is -2.16. The molecule has 0 bridgehead atoms. The molecule has 1 aromatic heterocycles. The average molecular weight is 374 g/mol. The Hall–Kier alpha value is -3.52. The van der Waals surface area contributed by atoms with Gasteiger partial charge in [-0.3, -0.25) is 0 Å². The van der Waals surface area contributed by atoms with E-state index in [2.05, 4.69) is 98.8 Å². The summed E-state index contributed by atoms with van der Waals surface area (Å²) >= 11 is 0. The predicted octanol–water partition coefficient (Wildman–Crippen LogP) is 7.24. The Morgan fingerprint density at radius 1 is 0.586 bits per heavy atom. The molecule has 0 saturated heterocycles. The normalized spacial score (nSPS) is 11.4. The lowest BCUT2D eigenvalue weighted by Crippen LogP contribution is -2.02. The van der Waals surface area contributed by atoms with Crippen molar-refractivity contribution in [1.82, 2.24) is 9.97 Å². The number of rotatable bonds is 3. The van der Waals surface area contributed by atoms with E-state index in [0.717, 1.165) is 28.0 Å². The summed E-state index contributed by atoms with van der Waals surface area (Å²) in [6, 6.07) is 31.7. The van der Waals surface area contributed by atoms with E-state index in [1.807, 2.05) is 6.07 Å². The Labute approximate surface area is 170 Å². The van der Waals surface area contributed by atoms with Gasteiger partial charge in [0.05, 0.1) is 22.4 Å². The molecular formula is C27H22N2. The van der Waals surface area contributed by atoms with Crippen LogP contribution in [0.3, 0.4) is 0 Å². The van der Waals surface area contributed by atoms with Crippen molar-refractivity contribution in [3.63, 3.8) is 0 Å². The van der Waals surface area contributed by atoms with Crippen molar-refractivity contribution in [3.8, 4) is 22.4 Å². The molecule has 0 fully saturated rings. The van der Waals surface area contributed by atoms with Gasteiger partial charge < -0.3 is 0 Å². The first-order valence-electron chi connectivity index (χ1n) is 10.1. The molecule has 140 valence electrons. The monoisotopic (exact) mass is 374 g/mol. The van der Waals surface area contributed by atoms with Crippen molar-refractivity contribution in [2.24, 2.45) is 0 Å². The first kappa shape index (κ1) is 17.6. The molecule has 5 aromatic rings. The molecular weight excluding hydrogens is 352 g/mol. The zero-order valence-corrected chi connectivity index (χ0v) is 16.6. The highest BCUT2D eigenvalue weighted by molar-refractivity contribution is 5.96. The van der Waals surface area contributed by atoms with E-state index in [1.54, 1.807) is 0 Å². The topological polar surface area (TPSA) is 25.8 Å². The molecule has 1 heterocycles. The first-order valence-corrected chi connectivity index (χ1v) is 10.1. The molecule has 0 unspecified atom stereocenters. The summed E-state index contributed by atoms with van der Waals surface area (Å²) in [4.78, 5) is 10.2. The Balaban J connectivity index is 1.81. The van der Waals surface area contributed by atoms with Gasteiger partial charge in [0.2, 0.25) is 0 Å². The van der Waals surface area contributed by atoms with Gasteiger partial charge in [0.1, 0.15) is 0 Å². The summed E-state index contributed by atoms with van der Waals surface area (Å²) in [5.41, 5.74) is 7.41. The van der Waals surface area contributed by atoms with Gasteiger partial charge >= 0.3 is 0 Å². The molecule has 0 saturated carbocycles. The van der Waals surface area contributed by atoms with Gasteiger partial charge in [-0.15, -0.1) is 0 Å². The maximum atomic E-state index is 5.14. The summed E-state index contributed by atoms with van der Waals surface area (Å²) in [6.45, 7) is 4.37. The third-order valence-electron chi connectivity index (χ3n) is 5.37. The molecule has 2 nitrogen and oxygen atoms in total. The number of benzene rings is 4. The Kier molecular flexibility index (Phi) is 4.33. The molecule has 0 aliphatic rings. The predicted molar refractivity (Wildman–Crippen MR) is 122 cm³/mol. The van der Waals surface area contributed by atoms with Crippen LogP contribution in [0.15, 0.2) is 91.0 Å². The number of hydrogen-bond acceptors (Lipinski definition) is 2. The molecule has 4 aromatic carbocycles. The quantitative estimate of drug-likeness (QED) is 0.311. The zero-order chi connectivity index (χ0) is 19.8. The van der Waals surface area contributed by atoms with E-state index >= 15 is 0 Å². The molecule has 0 aliphatic heterocycles. The van der Waals surface area contributed by atoms with Crippen molar-refractivity contribution >= 4 is 21.8 Å². The van der Waals surface area contributed by atoms with Crippen LogP contribution >= 0.6 is 0 Å². The minimum atomic E-state index is 0.275. The molecule has 0 aliphatic carbocycles. The van der Waals surface area contributed by atoms with E-state index in [0.29, 0.717) is 0 Å². The van der Waals surface area contributed by atoms with Crippen LogP contribution in [0.5, 0.6) is 0 Å². The lowest BCUT2D eigenvalue weighted by atomic mass is 9.94. The summed E-state index contributed by atoms with van der Waals surface area (Å²) < 4.78 is 0. The number of fused-ring (bicyclic) bond motifs is 2. The van der Waals surface area contributed by atoms with Crippen molar-refractivity contribution in [3.05, 3.63) is 96.7 Å². The van der Waals surface area contributed by atoms with Crippen LogP contribution in [0.1, 0.15) is 25.5 Å². The summed E-state index contributed by atoms with van der Waals surface area (Å²) in [5.74, 6) is 0.275. The van der Waals surface area contributed by atoms with Gasteiger partial charge in [0, 0.05) is 5.56 Å². The van der Waals surface area contributed by atoms with E-state index in [9.17, 15) is 0 Å². The number of aromatic nitrogens is 2. The fourth-order valence-electron chi connectivity index (χ4n) is 3.92. The molecule has 0 radical (unpaired) electrons. The molecule has 0 N–H and O–H groups in total. The standard InChI is InChI=1S/C27H22N2/c1-18(2)26-27(23-15-9-8-14-22(23)19-10-4-3-5-11-19)29-25-17-21-13-7-6-12-20(21)16-24(25)28-26/h3-18H,1-2H3. The highest BCUT2D eigenvalue weighted by Gasteiger charge is 2.17. The molecule has 2 heteroatoms. The van der Waals surface area contributed by atoms with Crippen LogP contribution in [0.25, 0.3) is 44.2 Å². The zero-order valence-electron chi connectivity index (χ0n) is 16.6. The fourth-order valence-corrected chi connectivity index (χ4v) is 3.92. The number of hydrogen-bond donors (Lipinski definition) is 0. The molecule has 0 spiro atoms.